The third-order valence-electron chi connectivity index (χ3n) is 3.40. The van der Waals surface area contributed by atoms with E-state index in [0.717, 1.165) is 12.0 Å². The molecule has 0 unspecified atom stereocenters. The van der Waals surface area contributed by atoms with Crippen molar-refractivity contribution in [2.24, 2.45) is 5.41 Å². The summed E-state index contributed by atoms with van der Waals surface area (Å²) in [5.74, 6) is 1.43. The predicted molar refractivity (Wildman–Crippen MR) is 77.5 cm³/mol. The molecule has 2 rings (SSSR count). The van der Waals surface area contributed by atoms with Crippen LogP contribution in [0.25, 0.3) is 0 Å². The summed E-state index contributed by atoms with van der Waals surface area (Å²) in [6.07, 6.45) is 2.32. The number of aryl methyl sites for hydroxylation is 1. The molecule has 1 N–H and O–H groups in total. The van der Waals surface area contributed by atoms with Gasteiger partial charge in [0.25, 0.3) is 0 Å². The zero-order chi connectivity index (χ0) is 13.2. The molecule has 2 nitrogen and oxygen atoms in total. The molecule has 0 amide bonds. The normalized spacial score (nSPS) is 15.3. The van der Waals surface area contributed by atoms with Gasteiger partial charge in [0.15, 0.2) is 5.78 Å². The van der Waals surface area contributed by atoms with E-state index in [1.54, 1.807) is 0 Å². The van der Waals surface area contributed by atoms with Crippen molar-refractivity contribution in [2.45, 2.75) is 31.6 Å². The average Bonchev–Trinajstić information content (AvgIpc) is 2.37. The Balaban J connectivity index is 2.26. The van der Waals surface area contributed by atoms with Crippen molar-refractivity contribution in [3.63, 3.8) is 0 Å². The first-order valence-corrected chi connectivity index (χ1v) is 7.48. The van der Waals surface area contributed by atoms with Gasteiger partial charge in [-0.15, -0.1) is 11.8 Å². The fraction of sp³-hybridized carbons (Fsp3) is 0.533. The molecule has 1 aromatic carbocycles. The van der Waals surface area contributed by atoms with Gasteiger partial charge < -0.3 is 5.32 Å². The summed E-state index contributed by atoms with van der Waals surface area (Å²) in [5, 5.41) is 3.10. The Morgan fingerprint density at radius 3 is 2.94 bits per heavy atom. The SMILES string of the molecule is CNCC(C)(C)C(=O)c1ccc2c(c1)CCCS2. The molecule has 0 saturated carbocycles. The van der Waals surface area contributed by atoms with Crippen LogP contribution in [0, 0.1) is 5.41 Å². The van der Waals surface area contributed by atoms with Crippen molar-refractivity contribution in [2.75, 3.05) is 19.3 Å². The summed E-state index contributed by atoms with van der Waals surface area (Å²) in [5.41, 5.74) is 1.86. The second-order valence-electron chi connectivity index (χ2n) is 5.52. The number of benzene rings is 1. The topological polar surface area (TPSA) is 29.1 Å². The van der Waals surface area contributed by atoms with Gasteiger partial charge in [0.2, 0.25) is 0 Å². The fourth-order valence-corrected chi connectivity index (χ4v) is 3.43. The molecular weight excluding hydrogens is 242 g/mol. The highest BCUT2D eigenvalue weighted by atomic mass is 32.2. The smallest absolute Gasteiger partial charge is 0.169 e. The van der Waals surface area contributed by atoms with Crippen LogP contribution >= 0.6 is 11.8 Å². The van der Waals surface area contributed by atoms with E-state index in [1.165, 1.54) is 22.6 Å². The Bertz CT molecular complexity index is 454. The number of hydrogen-bond donors (Lipinski definition) is 1. The van der Waals surface area contributed by atoms with Gasteiger partial charge in [0.1, 0.15) is 0 Å². The molecule has 1 heterocycles. The second kappa shape index (κ2) is 5.45. The first-order chi connectivity index (χ1) is 8.54. The second-order valence-corrected chi connectivity index (χ2v) is 6.65. The maximum Gasteiger partial charge on any atom is 0.169 e. The molecule has 0 radical (unpaired) electrons. The van der Waals surface area contributed by atoms with Crippen molar-refractivity contribution in [1.82, 2.24) is 5.32 Å². The molecule has 0 atom stereocenters. The molecule has 0 fully saturated rings. The number of hydrogen-bond acceptors (Lipinski definition) is 3. The first kappa shape index (κ1) is 13.6. The lowest BCUT2D eigenvalue weighted by Crippen LogP contribution is -2.34. The Hall–Kier alpha value is -0.800. The Kier molecular flexibility index (Phi) is 4.13. The third-order valence-corrected chi connectivity index (χ3v) is 4.61. The fourth-order valence-electron chi connectivity index (χ4n) is 2.41. The van der Waals surface area contributed by atoms with E-state index in [2.05, 4.69) is 17.4 Å². The molecule has 0 aromatic heterocycles. The molecule has 0 spiro atoms. The van der Waals surface area contributed by atoms with Gasteiger partial charge in [-0.25, -0.2) is 0 Å². The monoisotopic (exact) mass is 263 g/mol. The van der Waals surface area contributed by atoms with Crippen LogP contribution in [0.5, 0.6) is 0 Å². The highest BCUT2D eigenvalue weighted by Gasteiger charge is 2.28. The van der Waals surface area contributed by atoms with Crippen LogP contribution < -0.4 is 5.32 Å². The molecule has 0 bridgehead atoms. The Morgan fingerprint density at radius 2 is 2.22 bits per heavy atom. The van der Waals surface area contributed by atoms with Crippen LogP contribution in [0.15, 0.2) is 23.1 Å². The number of fused-ring (bicyclic) bond motifs is 1. The van der Waals surface area contributed by atoms with Gasteiger partial charge >= 0.3 is 0 Å². The molecule has 3 heteroatoms. The van der Waals surface area contributed by atoms with Crippen molar-refractivity contribution >= 4 is 17.5 Å². The number of rotatable bonds is 4. The molecule has 0 aliphatic carbocycles. The molecule has 1 aliphatic rings. The summed E-state index contributed by atoms with van der Waals surface area (Å²) >= 11 is 1.90. The van der Waals surface area contributed by atoms with E-state index in [0.29, 0.717) is 6.54 Å². The van der Waals surface area contributed by atoms with Crippen molar-refractivity contribution in [3.05, 3.63) is 29.3 Å². The number of Topliss-reactive ketones (excluding diaryl/α,β-unsaturated/α-hetero) is 1. The molecular formula is C15H21NOS. The Morgan fingerprint density at radius 1 is 1.44 bits per heavy atom. The molecule has 1 aromatic rings. The highest BCUT2D eigenvalue weighted by molar-refractivity contribution is 7.99. The van der Waals surface area contributed by atoms with E-state index in [4.69, 9.17) is 0 Å². The average molecular weight is 263 g/mol. The van der Waals surface area contributed by atoms with Crippen LogP contribution in [0.2, 0.25) is 0 Å². The number of ketones is 1. The minimum absolute atomic E-state index is 0.232. The molecule has 1 aliphatic heterocycles. The van der Waals surface area contributed by atoms with E-state index >= 15 is 0 Å². The highest BCUT2D eigenvalue weighted by Crippen LogP contribution is 2.32. The predicted octanol–water partition coefficient (Wildman–Crippen LogP) is 3.15. The summed E-state index contributed by atoms with van der Waals surface area (Å²) in [6.45, 7) is 4.71. The van der Waals surface area contributed by atoms with Crippen LogP contribution in [0.1, 0.15) is 36.2 Å². The third kappa shape index (κ3) is 2.78. The number of thioether (sulfide) groups is 1. The van der Waals surface area contributed by atoms with Gasteiger partial charge in [-0.3, -0.25) is 4.79 Å². The number of carbonyl (C=O) groups excluding carboxylic acids is 1. The van der Waals surface area contributed by atoms with Crippen LogP contribution in [0.4, 0.5) is 0 Å². The maximum atomic E-state index is 12.5. The van der Waals surface area contributed by atoms with Crippen molar-refractivity contribution in [1.29, 1.82) is 0 Å². The number of nitrogens with one attached hydrogen (secondary N) is 1. The lowest BCUT2D eigenvalue weighted by atomic mass is 9.83. The van der Waals surface area contributed by atoms with Gasteiger partial charge in [0, 0.05) is 22.4 Å². The van der Waals surface area contributed by atoms with Gasteiger partial charge in [0.05, 0.1) is 0 Å². The van der Waals surface area contributed by atoms with Crippen LogP contribution in [-0.2, 0) is 6.42 Å². The summed E-state index contributed by atoms with van der Waals surface area (Å²) < 4.78 is 0. The summed E-state index contributed by atoms with van der Waals surface area (Å²) in [4.78, 5) is 13.8. The maximum absolute atomic E-state index is 12.5. The van der Waals surface area contributed by atoms with E-state index < -0.39 is 0 Å². The lowest BCUT2D eigenvalue weighted by Gasteiger charge is -2.24. The lowest BCUT2D eigenvalue weighted by molar-refractivity contribution is 0.0839. The summed E-state index contributed by atoms with van der Waals surface area (Å²) in [7, 11) is 1.89. The van der Waals surface area contributed by atoms with Crippen LogP contribution in [0.3, 0.4) is 0 Å². The van der Waals surface area contributed by atoms with E-state index in [-0.39, 0.29) is 11.2 Å². The number of carbonyl (C=O) groups is 1. The Labute approximate surface area is 114 Å². The summed E-state index contributed by atoms with van der Waals surface area (Å²) in [6, 6.07) is 6.19. The first-order valence-electron chi connectivity index (χ1n) is 6.50. The minimum atomic E-state index is -0.342. The molecule has 98 valence electrons. The van der Waals surface area contributed by atoms with Gasteiger partial charge in [-0.1, -0.05) is 19.9 Å². The van der Waals surface area contributed by atoms with Gasteiger partial charge in [-0.05, 0) is 43.3 Å². The quantitative estimate of drug-likeness (QED) is 0.846. The zero-order valence-electron chi connectivity index (χ0n) is 11.4. The zero-order valence-corrected chi connectivity index (χ0v) is 12.2. The van der Waals surface area contributed by atoms with Crippen molar-refractivity contribution < 1.29 is 4.79 Å². The standard InChI is InChI=1S/C15H21NOS/c1-15(2,10-16-3)14(17)12-6-7-13-11(9-12)5-4-8-18-13/h6-7,9,16H,4-5,8,10H2,1-3H3. The minimum Gasteiger partial charge on any atom is -0.319 e. The van der Waals surface area contributed by atoms with Crippen LogP contribution in [-0.4, -0.2) is 25.1 Å². The molecule has 18 heavy (non-hydrogen) atoms. The molecule has 0 saturated heterocycles. The van der Waals surface area contributed by atoms with E-state index in [1.807, 2.05) is 38.7 Å². The van der Waals surface area contributed by atoms with Gasteiger partial charge in [-0.2, -0.15) is 0 Å². The van der Waals surface area contributed by atoms with Crippen molar-refractivity contribution in [3.8, 4) is 0 Å². The van der Waals surface area contributed by atoms with E-state index in [9.17, 15) is 4.79 Å². The largest absolute Gasteiger partial charge is 0.319 e.